The monoisotopic (exact) mass is 516 g/mol. The fraction of sp³-hybridized carbons (Fsp3) is 0.290. The van der Waals surface area contributed by atoms with E-state index in [1.807, 2.05) is 85.8 Å². The Balaban J connectivity index is 1.28. The number of ether oxygens (including phenoxy) is 3. The van der Waals surface area contributed by atoms with E-state index in [0.29, 0.717) is 44.6 Å². The molecule has 192 valence electrons. The molecule has 3 aromatic rings. The van der Waals surface area contributed by atoms with Crippen LogP contribution in [0.2, 0.25) is 0 Å². The van der Waals surface area contributed by atoms with Gasteiger partial charge >= 0.3 is 0 Å². The predicted octanol–water partition coefficient (Wildman–Crippen LogP) is 7.36. The van der Waals surface area contributed by atoms with E-state index in [4.69, 9.17) is 14.2 Å². The molecule has 0 aromatic heterocycles. The number of carbonyl (C=O) groups is 2. The molecular weight excluding hydrogens is 484 g/mol. The maximum atomic E-state index is 12.6. The van der Waals surface area contributed by atoms with Crippen molar-refractivity contribution in [3.8, 4) is 23.0 Å². The van der Waals surface area contributed by atoms with Crippen molar-refractivity contribution in [2.45, 2.75) is 37.9 Å². The number of para-hydroxylation sites is 1. The van der Waals surface area contributed by atoms with Crippen molar-refractivity contribution < 1.29 is 23.8 Å². The minimum absolute atomic E-state index is 0.103. The molecule has 37 heavy (non-hydrogen) atoms. The van der Waals surface area contributed by atoms with Crippen LogP contribution in [0.1, 0.15) is 42.6 Å². The van der Waals surface area contributed by atoms with E-state index in [2.05, 4.69) is 6.58 Å². The highest BCUT2D eigenvalue weighted by Crippen LogP contribution is 2.41. The summed E-state index contributed by atoms with van der Waals surface area (Å²) in [6.07, 6.45) is 4.23. The molecule has 0 aliphatic carbocycles. The van der Waals surface area contributed by atoms with Gasteiger partial charge in [-0.1, -0.05) is 55.1 Å². The summed E-state index contributed by atoms with van der Waals surface area (Å²) in [6, 6.07) is 22.9. The van der Waals surface area contributed by atoms with Gasteiger partial charge < -0.3 is 14.2 Å². The normalized spacial score (nSPS) is 17.3. The van der Waals surface area contributed by atoms with E-state index in [0.717, 1.165) is 40.1 Å². The lowest BCUT2D eigenvalue weighted by atomic mass is 9.96. The Hall–Kier alpha value is -3.51. The van der Waals surface area contributed by atoms with Gasteiger partial charge in [0.15, 0.2) is 10.9 Å². The first kappa shape index (κ1) is 26.6. The molecule has 6 heteroatoms. The molecule has 1 heterocycles. The van der Waals surface area contributed by atoms with Gasteiger partial charge in [0, 0.05) is 24.3 Å². The number of Topliss-reactive ketones (excluding diaryl/α,β-unsaturated/α-hetero) is 1. The Labute approximate surface area is 222 Å². The highest BCUT2D eigenvalue weighted by Gasteiger charge is 2.35. The van der Waals surface area contributed by atoms with E-state index in [-0.39, 0.29) is 16.8 Å². The molecule has 0 N–H and O–H groups in total. The molecule has 2 atom stereocenters. The predicted molar refractivity (Wildman–Crippen MR) is 148 cm³/mol. The van der Waals surface area contributed by atoms with Crippen molar-refractivity contribution in [3.63, 3.8) is 0 Å². The van der Waals surface area contributed by atoms with E-state index in [9.17, 15) is 9.59 Å². The van der Waals surface area contributed by atoms with Crippen LogP contribution in [-0.2, 0) is 16.0 Å². The molecule has 0 amide bonds. The summed E-state index contributed by atoms with van der Waals surface area (Å²) in [5.74, 6) is 2.96. The summed E-state index contributed by atoms with van der Waals surface area (Å²) in [7, 11) is 0. The standard InChI is InChI=1S/C31H32O5S/c1-3-10-23-19-27(36-25-12-6-5-7-13-25)15-16-29(23)35-18-9-17-34-26-14-8-11-24(20-26)30-28(32)21-22(4-2)31(33)37-30/h3,5-8,11-16,19-20,22,30H,1,4,9-10,17-18,21H2,2H3. The zero-order valence-electron chi connectivity index (χ0n) is 21.1. The zero-order chi connectivity index (χ0) is 26.0. The van der Waals surface area contributed by atoms with E-state index < -0.39 is 5.25 Å². The SMILES string of the molecule is C=CCc1cc(Oc2ccccc2)ccc1OCCCOc1cccc(C2SC(=O)C(CC)CC2=O)c1. The van der Waals surface area contributed by atoms with Crippen LogP contribution in [0.4, 0.5) is 0 Å². The second-order valence-corrected chi connectivity index (χ2v) is 10.0. The van der Waals surface area contributed by atoms with Gasteiger partial charge in [-0.25, -0.2) is 0 Å². The topological polar surface area (TPSA) is 61.8 Å². The first-order valence-electron chi connectivity index (χ1n) is 12.6. The Morgan fingerprint density at radius 1 is 0.919 bits per heavy atom. The van der Waals surface area contributed by atoms with Crippen molar-refractivity contribution in [1.82, 2.24) is 0 Å². The Kier molecular flexibility index (Phi) is 9.44. The lowest BCUT2D eigenvalue weighted by Crippen LogP contribution is -2.26. The van der Waals surface area contributed by atoms with Crippen LogP contribution < -0.4 is 14.2 Å². The third-order valence-corrected chi connectivity index (χ3v) is 7.49. The molecule has 5 nitrogen and oxygen atoms in total. The molecule has 1 saturated heterocycles. The number of hydrogen-bond acceptors (Lipinski definition) is 6. The number of hydrogen-bond donors (Lipinski definition) is 0. The Bertz CT molecular complexity index is 1220. The van der Waals surface area contributed by atoms with Crippen molar-refractivity contribution in [2.24, 2.45) is 5.92 Å². The number of thioether (sulfide) groups is 1. The number of rotatable bonds is 12. The van der Waals surface area contributed by atoms with Crippen molar-refractivity contribution >= 4 is 22.7 Å². The molecule has 4 rings (SSSR count). The third kappa shape index (κ3) is 7.26. The summed E-state index contributed by atoms with van der Waals surface area (Å²) in [5.41, 5.74) is 1.82. The van der Waals surface area contributed by atoms with E-state index in [1.54, 1.807) is 0 Å². The van der Waals surface area contributed by atoms with Gasteiger partial charge in [0.2, 0.25) is 0 Å². The van der Waals surface area contributed by atoms with Crippen LogP contribution >= 0.6 is 11.8 Å². The van der Waals surface area contributed by atoms with Crippen molar-refractivity contribution in [2.75, 3.05) is 13.2 Å². The van der Waals surface area contributed by atoms with Gasteiger partial charge in [0.25, 0.3) is 0 Å². The van der Waals surface area contributed by atoms with E-state index in [1.165, 1.54) is 0 Å². The van der Waals surface area contributed by atoms with Crippen LogP contribution in [0.3, 0.4) is 0 Å². The second-order valence-electron chi connectivity index (χ2n) is 8.89. The summed E-state index contributed by atoms with van der Waals surface area (Å²) >= 11 is 1.15. The molecular formula is C31H32O5S. The minimum atomic E-state index is -0.445. The van der Waals surface area contributed by atoms with Crippen LogP contribution in [0.15, 0.2) is 85.5 Å². The number of benzene rings is 3. The van der Waals surface area contributed by atoms with Crippen molar-refractivity contribution in [1.29, 1.82) is 0 Å². The molecule has 3 aromatic carbocycles. The first-order chi connectivity index (χ1) is 18.1. The lowest BCUT2D eigenvalue weighted by Gasteiger charge is -2.25. The summed E-state index contributed by atoms with van der Waals surface area (Å²) in [6.45, 7) is 6.77. The van der Waals surface area contributed by atoms with Gasteiger partial charge in [-0.3, -0.25) is 9.59 Å². The fourth-order valence-corrected chi connectivity index (χ4v) is 5.36. The smallest absolute Gasteiger partial charge is 0.193 e. The molecule has 0 saturated carbocycles. The molecule has 1 aliphatic rings. The largest absolute Gasteiger partial charge is 0.493 e. The van der Waals surface area contributed by atoms with Crippen LogP contribution in [0.25, 0.3) is 0 Å². The summed E-state index contributed by atoms with van der Waals surface area (Å²) < 4.78 is 17.9. The molecule has 1 fully saturated rings. The zero-order valence-corrected chi connectivity index (χ0v) is 21.9. The lowest BCUT2D eigenvalue weighted by molar-refractivity contribution is -0.125. The number of carbonyl (C=O) groups excluding carboxylic acids is 2. The van der Waals surface area contributed by atoms with Gasteiger partial charge in [-0.15, -0.1) is 6.58 Å². The molecule has 0 bridgehead atoms. The molecule has 0 radical (unpaired) electrons. The van der Waals surface area contributed by atoms with Gasteiger partial charge in [-0.2, -0.15) is 0 Å². The highest BCUT2D eigenvalue weighted by atomic mass is 32.2. The van der Waals surface area contributed by atoms with Crippen LogP contribution in [-0.4, -0.2) is 24.1 Å². The van der Waals surface area contributed by atoms with Gasteiger partial charge in [-0.05, 0) is 60.9 Å². The molecule has 1 aliphatic heterocycles. The van der Waals surface area contributed by atoms with E-state index >= 15 is 0 Å². The third-order valence-electron chi connectivity index (χ3n) is 6.15. The number of allylic oxidation sites excluding steroid dienone is 1. The molecule has 2 unspecified atom stereocenters. The maximum absolute atomic E-state index is 12.6. The average molecular weight is 517 g/mol. The minimum Gasteiger partial charge on any atom is -0.493 e. The van der Waals surface area contributed by atoms with Crippen LogP contribution in [0, 0.1) is 5.92 Å². The average Bonchev–Trinajstić information content (AvgIpc) is 2.91. The van der Waals surface area contributed by atoms with Gasteiger partial charge in [0.1, 0.15) is 23.0 Å². The molecule has 0 spiro atoms. The van der Waals surface area contributed by atoms with Gasteiger partial charge in [0.05, 0.1) is 18.5 Å². The number of ketones is 1. The Morgan fingerprint density at radius 2 is 1.70 bits per heavy atom. The fourth-order valence-electron chi connectivity index (χ4n) is 4.17. The van der Waals surface area contributed by atoms with Crippen molar-refractivity contribution in [3.05, 3.63) is 96.6 Å². The van der Waals surface area contributed by atoms with Crippen LogP contribution in [0.5, 0.6) is 23.0 Å². The Morgan fingerprint density at radius 3 is 2.49 bits per heavy atom. The highest BCUT2D eigenvalue weighted by molar-refractivity contribution is 8.14. The first-order valence-corrected chi connectivity index (χ1v) is 13.5. The quantitative estimate of drug-likeness (QED) is 0.185. The summed E-state index contributed by atoms with van der Waals surface area (Å²) in [4.78, 5) is 24.9. The summed E-state index contributed by atoms with van der Waals surface area (Å²) in [5, 5.41) is -0.342. The maximum Gasteiger partial charge on any atom is 0.193 e. The second kappa shape index (κ2) is 13.2.